The van der Waals surface area contributed by atoms with E-state index >= 15 is 0 Å². The first-order valence-corrected chi connectivity index (χ1v) is 5.84. The molecule has 0 bridgehead atoms. The Morgan fingerprint density at radius 2 is 2.25 bits per heavy atom. The number of piperazine rings is 1. The van der Waals surface area contributed by atoms with Gasteiger partial charge in [0, 0.05) is 19.6 Å². The van der Waals surface area contributed by atoms with Crippen molar-refractivity contribution >= 4 is 11.8 Å². The molecule has 0 spiro atoms. The molecular weight excluding hydrogens is 206 g/mol. The lowest BCUT2D eigenvalue weighted by Crippen LogP contribution is -2.59. The van der Waals surface area contributed by atoms with Gasteiger partial charge in [0.15, 0.2) is 0 Å². The van der Waals surface area contributed by atoms with E-state index in [2.05, 4.69) is 10.6 Å². The average Bonchev–Trinajstić information content (AvgIpc) is 2.70. The predicted octanol–water partition coefficient (Wildman–Crippen LogP) is -0.667. The van der Waals surface area contributed by atoms with Crippen molar-refractivity contribution in [3.05, 3.63) is 0 Å². The molecule has 2 atom stereocenters. The lowest BCUT2D eigenvalue weighted by Gasteiger charge is -2.37. The van der Waals surface area contributed by atoms with Crippen LogP contribution in [0.1, 0.15) is 20.3 Å². The van der Waals surface area contributed by atoms with E-state index in [1.807, 2.05) is 6.92 Å². The van der Waals surface area contributed by atoms with Crippen LogP contribution in [0.3, 0.4) is 0 Å². The molecule has 0 aliphatic carbocycles. The highest BCUT2D eigenvalue weighted by Gasteiger charge is 2.42. The molecule has 5 heteroatoms. The molecule has 90 valence electrons. The summed E-state index contributed by atoms with van der Waals surface area (Å²) < 4.78 is 0. The van der Waals surface area contributed by atoms with Crippen LogP contribution >= 0.6 is 0 Å². The Hall–Kier alpha value is -1.10. The fraction of sp³-hybridized carbons (Fsp3) is 0.818. The van der Waals surface area contributed by atoms with Gasteiger partial charge in [-0.1, -0.05) is 0 Å². The molecule has 0 aromatic heterocycles. The van der Waals surface area contributed by atoms with Gasteiger partial charge in [0.25, 0.3) is 0 Å². The van der Waals surface area contributed by atoms with Crippen LogP contribution in [0.4, 0.5) is 0 Å². The summed E-state index contributed by atoms with van der Waals surface area (Å²) in [6, 6.07) is -0.335. The standard InChI is InChI=1S/C11H19N3O2/c1-8-9(15)13-5-6-14(8)10(16)11(2)3-4-12-7-11/h8,12H,3-7H2,1-2H3,(H,13,15). The number of nitrogens with zero attached hydrogens (tertiary/aromatic N) is 1. The van der Waals surface area contributed by atoms with Crippen molar-refractivity contribution in [3.63, 3.8) is 0 Å². The number of carbonyl (C=O) groups is 2. The molecule has 2 unspecified atom stereocenters. The Labute approximate surface area is 95.6 Å². The van der Waals surface area contributed by atoms with Crippen molar-refractivity contribution in [2.45, 2.75) is 26.3 Å². The first-order valence-electron chi connectivity index (χ1n) is 5.84. The highest BCUT2D eigenvalue weighted by Crippen LogP contribution is 2.28. The van der Waals surface area contributed by atoms with Crippen molar-refractivity contribution in [2.24, 2.45) is 5.41 Å². The topological polar surface area (TPSA) is 61.4 Å². The minimum atomic E-state index is -0.335. The molecule has 0 saturated carbocycles. The Balaban J connectivity index is 2.11. The van der Waals surface area contributed by atoms with Crippen LogP contribution in [0, 0.1) is 5.41 Å². The van der Waals surface area contributed by atoms with Crippen molar-refractivity contribution in [1.82, 2.24) is 15.5 Å². The number of amides is 2. The second-order valence-corrected chi connectivity index (χ2v) is 4.95. The van der Waals surface area contributed by atoms with Crippen LogP contribution in [0.2, 0.25) is 0 Å². The molecule has 2 saturated heterocycles. The van der Waals surface area contributed by atoms with Crippen LogP contribution in [-0.4, -0.2) is 48.9 Å². The number of nitrogens with one attached hydrogen (secondary N) is 2. The van der Waals surface area contributed by atoms with E-state index in [-0.39, 0.29) is 23.3 Å². The Morgan fingerprint density at radius 1 is 1.50 bits per heavy atom. The molecule has 2 N–H and O–H groups in total. The summed E-state index contributed by atoms with van der Waals surface area (Å²) in [6.45, 7) is 6.57. The van der Waals surface area contributed by atoms with Crippen LogP contribution < -0.4 is 10.6 Å². The van der Waals surface area contributed by atoms with Crippen LogP contribution in [0.25, 0.3) is 0 Å². The quantitative estimate of drug-likeness (QED) is 0.622. The van der Waals surface area contributed by atoms with E-state index < -0.39 is 0 Å². The highest BCUT2D eigenvalue weighted by atomic mass is 16.2. The molecule has 16 heavy (non-hydrogen) atoms. The van der Waals surface area contributed by atoms with Gasteiger partial charge in [-0.25, -0.2) is 0 Å². The molecule has 2 fully saturated rings. The van der Waals surface area contributed by atoms with Crippen molar-refractivity contribution in [3.8, 4) is 0 Å². The van der Waals surface area contributed by atoms with Crippen LogP contribution in [0.5, 0.6) is 0 Å². The van der Waals surface area contributed by atoms with E-state index in [1.165, 1.54) is 0 Å². The third kappa shape index (κ3) is 1.80. The fourth-order valence-electron chi connectivity index (χ4n) is 2.41. The molecular formula is C11H19N3O2. The Kier molecular flexibility index (Phi) is 2.88. The van der Waals surface area contributed by atoms with Gasteiger partial charge >= 0.3 is 0 Å². The highest BCUT2D eigenvalue weighted by molar-refractivity contribution is 5.91. The molecule has 5 nitrogen and oxygen atoms in total. The molecule has 2 aliphatic heterocycles. The van der Waals surface area contributed by atoms with E-state index in [9.17, 15) is 9.59 Å². The minimum Gasteiger partial charge on any atom is -0.353 e. The summed E-state index contributed by atoms with van der Waals surface area (Å²) in [6.07, 6.45) is 0.858. The van der Waals surface area contributed by atoms with Gasteiger partial charge in [-0.2, -0.15) is 0 Å². The molecule has 0 radical (unpaired) electrons. The Bertz CT molecular complexity index is 310. The third-order valence-corrected chi connectivity index (χ3v) is 3.64. The van der Waals surface area contributed by atoms with Gasteiger partial charge in [0.05, 0.1) is 5.41 Å². The maximum Gasteiger partial charge on any atom is 0.242 e. The largest absolute Gasteiger partial charge is 0.353 e. The average molecular weight is 225 g/mol. The maximum absolute atomic E-state index is 12.4. The first-order chi connectivity index (χ1) is 7.54. The van der Waals surface area contributed by atoms with E-state index in [1.54, 1.807) is 11.8 Å². The molecule has 0 aromatic rings. The lowest BCUT2D eigenvalue weighted by molar-refractivity contribution is -0.149. The van der Waals surface area contributed by atoms with Gasteiger partial charge < -0.3 is 15.5 Å². The zero-order valence-corrected chi connectivity index (χ0v) is 9.88. The molecule has 0 aromatic carbocycles. The normalized spacial score (nSPS) is 35.0. The van der Waals surface area contributed by atoms with Crippen LogP contribution in [-0.2, 0) is 9.59 Å². The lowest BCUT2D eigenvalue weighted by atomic mass is 9.87. The first kappa shape index (κ1) is 11.4. The van der Waals surface area contributed by atoms with Gasteiger partial charge in [0.1, 0.15) is 6.04 Å². The van der Waals surface area contributed by atoms with Gasteiger partial charge in [0.2, 0.25) is 11.8 Å². The SMILES string of the molecule is CC1C(=O)NCCN1C(=O)C1(C)CCNC1. The van der Waals surface area contributed by atoms with Gasteiger partial charge in [-0.15, -0.1) is 0 Å². The molecule has 2 rings (SSSR count). The zero-order chi connectivity index (χ0) is 11.8. The van der Waals surface area contributed by atoms with Crippen molar-refractivity contribution < 1.29 is 9.59 Å². The molecule has 2 amide bonds. The van der Waals surface area contributed by atoms with Gasteiger partial charge in [-0.3, -0.25) is 9.59 Å². The summed E-state index contributed by atoms with van der Waals surface area (Å²) >= 11 is 0. The monoisotopic (exact) mass is 225 g/mol. The van der Waals surface area contributed by atoms with Crippen molar-refractivity contribution in [1.29, 1.82) is 0 Å². The smallest absolute Gasteiger partial charge is 0.242 e. The zero-order valence-electron chi connectivity index (χ0n) is 9.88. The summed E-state index contributed by atoms with van der Waals surface area (Å²) in [5, 5.41) is 5.98. The second-order valence-electron chi connectivity index (χ2n) is 4.95. The van der Waals surface area contributed by atoms with E-state index in [0.717, 1.165) is 19.5 Å². The summed E-state index contributed by atoms with van der Waals surface area (Å²) in [5.74, 6) is 0.0639. The third-order valence-electron chi connectivity index (χ3n) is 3.64. The Morgan fingerprint density at radius 3 is 2.88 bits per heavy atom. The van der Waals surface area contributed by atoms with Crippen molar-refractivity contribution in [2.75, 3.05) is 26.2 Å². The van der Waals surface area contributed by atoms with Crippen LogP contribution in [0.15, 0.2) is 0 Å². The summed E-state index contributed by atoms with van der Waals surface area (Å²) in [5.41, 5.74) is -0.327. The fourth-order valence-corrected chi connectivity index (χ4v) is 2.41. The summed E-state index contributed by atoms with van der Waals surface area (Å²) in [4.78, 5) is 25.6. The number of rotatable bonds is 1. The summed E-state index contributed by atoms with van der Waals surface area (Å²) in [7, 11) is 0. The maximum atomic E-state index is 12.4. The minimum absolute atomic E-state index is 0.0471. The molecule has 2 aliphatic rings. The van der Waals surface area contributed by atoms with E-state index in [4.69, 9.17) is 0 Å². The van der Waals surface area contributed by atoms with E-state index in [0.29, 0.717) is 13.1 Å². The number of hydrogen-bond acceptors (Lipinski definition) is 3. The molecule has 2 heterocycles. The predicted molar refractivity (Wildman–Crippen MR) is 59.8 cm³/mol. The number of hydrogen-bond donors (Lipinski definition) is 2. The number of carbonyl (C=O) groups excluding carboxylic acids is 2. The second kappa shape index (κ2) is 4.05. The van der Waals surface area contributed by atoms with Gasteiger partial charge in [-0.05, 0) is 26.8 Å².